The van der Waals surface area contributed by atoms with Gasteiger partial charge >= 0.3 is 5.97 Å². The minimum absolute atomic E-state index is 0.302. The number of nitrogens with zero attached hydrogens (tertiary/aromatic N) is 2. The number of benzene rings is 1. The van der Waals surface area contributed by atoms with Crippen LogP contribution in [0.5, 0.6) is 0 Å². The summed E-state index contributed by atoms with van der Waals surface area (Å²) in [5.74, 6) is 1.02. The fourth-order valence-electron chi connectivity index (χ4n) is 2.90. The molecule has 0 fully saturated rings. The number of aromatic nitrogens is 2. The first-order valence-electron chi connectivity index (χ1n) is 7.56. The van der Waals surface area contributed by atoms with E-state index < -0.39 is 5.97 Å². The number of fused-ring (bicyclic) bond motifs is 1. The summed E-state index contributed by atoms with van der Waals surface area (Å²) >= 11 is 0. The number of carboxylic acids is 1. The highest BCUT2D eigenvalue weighted by Crippen LogP contribution is 2.29. The summed E-state index contributed by atoms with van der Waals surface area (Å²) in [6.07, 6.45) is 1.04. The van der Waals surface area contributed by atoms with Crippen LogP contribution in [0, 0.1) is 5.92 Å². The highest BCUT2D eigenvalue weighted by atomic mass is 16.4. The van der Waals surface area contributed by atoms with E-state index in [9.17, 15) is 9.90 Å². The number of hydrogen-bond acceptors (Lipinski definition) is 2. The predicted molar refractivity (Wildman–Crippen MR) is 84.9 cm³/mol. The predicted octanol–water partition coefficient (Wildman–Crippen LogP) is 4.47. The minimum Gasteiger partial charge on any atom is -0.478 e. The summed E-state index contributed by atoms with van der Waals surface area (Å²) in [6, 6.07) is 5.48. The van der Waals surface area contributed by atoms with Gasteiger partial charge in [0, 0.05) is 12.0 Å². The van der Waals surface area contributed by atoms with Crippen LogP contribution in [0.1, 0.15) is 69.2 Å². The summed E-state index contributed by atoms with van der Waals surface area (Å²) in [7, 11) is 0. The van der Waals surface area contributed by atoms with Crippen molar-refractivity contribution in [3.63, 3.8) is 0 Å². The largest absolute Gasteiger partial charge is 0.478 e. The van der Waals surface area contributed by atoms with E-state index in [4.69, 9.17) is 4.98 Å². The molecule has 0 aliphatic carbocycles. The molecule has 0 aliphatic heterocycles. The third-order valence-electron chi connectivity index (χ3n) is 3.73. The second-order valence-corrected chi connectivity index (χ2v) is 6.48. The van der Waals surface area contributed by atoms with Crippen LogP contribution in [-0.4, -0.2) is 20.6 Å². The molecule has 1 N–H and O–H groups in total. The van der Waals surface area contributed by atoms with Crippen molar-refractivity contribution in [2.75, 3.05) is 0 Å². The van der Waals surface area contributed by atoms with Crippen molar-refractivity contribution in [1.29, 1.82) is 0 Å². The lowest BCUT2D eigenvalue weighted by atomic mass is 10.0. The molecule has 21 heavy (non-hydrogen) atoms. The highest BCUT2D eigenvalue weighted by Gasteiger charge is 2.19. The van der Waals surface area contributed by atoms with Gasteiger partial charge in [0.05, 0.1) is 16.6 Å². The Kier molecular flexibility index (Phi) is 4.35. The maximum atomic E-state index is 11.2. The molecule has 0 saturated carbocycles. The summed E-state index contributed by atoms with van der Waals surface area (Å²) in [4.78, 5) is 15.9. The van der Waals surface area contributed by atoms with Crippen LogP contribution in [0.4, 0.5) is 0 Å². The van der Waals surface area contributed by atoms with Gasteiger partial charge in [-0.1, -0.05) is 27.7 Å². The summed E-state index contributed by atoms with van der Waals surface area (Å²) in [6.45, 7) is 10.8. The molecule has 1 heterocycles. The van der Waals surface area contributed by atoms with Gasteiger partial charge in [0.2, 0.25) is 0 Å². The molecular formula is C17H24N2O2. The quantitative estimate of drug-likeness (QED) is 0.883. The lowest BCUT2D eigenvalue weighted by molar-refractivity contribution is 0.0697. The molecule has 114 valence electrons. The molecule has 0 bridgehead atoms. The van der Waals surface area contributed by atoms with Crippen molar-refractivity contribution in [2.45, 2.75) is 53.0 Å². The first-order valence-corrected chi connectivity index (χ1v) is 7.56. The van der Waals surface area contributed by atoms with Gasteiger partial charge in [-0.05, 0) is 37.5 Å². The zero-order valence-electron chi connectivity index (χ0n) is 13.4. The number of rotatable bonds is 5. The van der Waals surface area contributed by atoms with Crippen molar-refractivity contribution >= 4 is 17.0 Å². The second kappa shape index (κ2) is 5.88. The fourth-order valence-corrected chi connectivity index (χ4v) is 2.90. The molecule has 2 rings (SSSR count). The number of aromatic carboxylic acids is 1. The molecule has 0 aliphatic rings. The van der Waals surface area contributed by atoms with Crippen LogP contribution in [0.3, 0.4) is 0 Å². The topological polar surface area (TPSA) is 55.1 Å². The Morgan fingerprint density at radius 2 is 1.90 bits per heavy atom. The molecule has 1 unspecified atom stereocenters. The SMILES string of the molecule is CC(C)CC(C)n1c(C(C)C)nc2ccc(C(=O)O)cc21. The second-order valence-electron chi connectivity index (χ2n) is 6.48. The van der Waals surface area contributed by atoms with Crippen molar-refractivity contribution in [3.05, 3.63) is 29.6 Å². The lowest BCUT2D eigenvalue weighted by Gasteiger charge is -2.21. The van der Waals surface area contributed by atoms with Crippen LogP contribution in [0.15, 0.2) is 18.2 Å². The Balaban J connectivity index is 2.64. The molecule has 0 radical (unpaired) electrons. The van der Waals surface area contributed by atoms with Crippen LogP contribution >= 0.6 is 0 Å². The molecule has 1 aromatic carbocycles. The zero-order valence-corrected chi connectivity index (χ0v) is 13.4. The van der Waals surface area contributed by atoms with Crippen molar-refractivity contribution in [1.82, 2.24) is 9.55 Å². The van der Waals surface area contributed by atoms with Crippen molar-refractivity contribution < 1.29 is 9.90 Å². The fraction of sp³-hybridized carbons (Fsp3) is 0.529. The molecular weight excluding hydrogens is 264 g/mol. The molecule has 4 heteroatoms. The van der Waals surface area contributed by atoms with Crippen molar-refractivity contribution in [2.24, 2.45) is 5.92 Å². The molecule has 0 amide bonds. The smallest absolute Gasteiger partial charge is 0.335 e. The van der Waals surface area contributed by atoms with E-state index in [0.717, 1.165) is 23.3 Å². The van der Waals surface area contributed by atoms with Gasteiger partial charge in [-0.15, -0.1) is 0 Å². The first kappa shape index (κ1) is 15.5. The normalized spacial score (nSPS) is 13.3. The minimum atomic E-state index is -0.896. The van der Waals surface area contributed by atoms with Gasteiger partial charge in [0.25, 0.3) is 0 Å². The van der Waals surface area contributed by atoms with Gasteiger partial charge < -0.3 is 9.67 Å². The zero-order chi connectivity index (χ0) is 15.7. The Morgan fingerprint density at radius 1 is 1.24 bits per heavy atom. The van der Waals surface area contributed by atoms with E-state index in [0.29, 0.717) is 23.4 Å². The number of imidazole rings is 1. The molecule has 0 saturated heterocycles. The summed E-state index contributed by atoms with van der Waals surface area (Å²) in [5, 5.41) is 9.21. The van der Waals surface area contributed by atoms with E-state index in [-0.39, 0.29) is 0 Å². The first-order chi connectivity index (χ1) is 9.81. The molecule has 2 aromatic rings. The molecule has 4 nitrogen and oxygen atoms in total. The maximum absolute atomic E-state index is 11.2. The van der Waals surface area contributed by atoms with Crippen LogP contribution in [0.2, 0.25) is 0 Å². The van der Waals surface area contributed by atoms with Crippen LogP contribution in [0.25, 0.3) is 11.0 Å². The average molecular weight is 288 g/mol. The van der Waals surface area contributed by atoms with Crippen LogP contribution in [-0.2, 0) is 0 Å². The van der Waals surface area contributed by atoms with Gasteiger partial charge in [0.1, 0.15) is 5.82 Å². The highest BCUT2D eigenvalue weighted by molar-refractivity contribution is 5.92. The maximum Gasteiger partial charge on any atom is 0.335 e. The number of carbonyl (C=O) groups is 1. The van der Waals surface area contributed by atoms with Crippen LogP contribution < -0.4 is 0 Å². The molecule has 0 spiro atoms. The monoisotopic (exact) mass is 288 g/mol. The van der Waals surface area contributed by atoms with Crippen molar-refractivity contribution in [3.8, 4) is 0 Å². The Hall–Kier alpha value is -1.84. The Labute approximate surface area is 125 Å². The average Bonchev–Trinajstić information content (AvgIpc) is 2.76. The third kappa shape index (κ3) is 3.09. The molecule has 1 aromatic heterocycles. The van der Waals surface area contributed by atoms with E-state index in [2.05, 4.69) is 39.2 Å². The Morgan fingerprint density at radius 3 is 2.43 bits per heavy atom. The van der Waals surface area contributed by atoms with E-state index in [1.807, 2.05) is 6.07 Å². The van der Waals surface area contributed by atoms with Gasteiger partial charge in [0.15, 0.2) is 0 Å². The van der Waals surface area contributed by atoms with E-state index in [1.165, 1.54) is 0 Å². The summed E-state index contributed by atoms with van der Waals surface area (Å²) < 4.78 is 2.21. The van der Waals surface area contributed by atoms with Gasteiger partial charge in [-0.25, -0.2) is 9.78 Å². The van der Waals surface area contributed by atoms with Gasteiger partial charge in [-0.2, -0.15) is 0 Å². The lowest BCUT2D eigenvalue weighted by Crippen LogP contribution is -2.13. The van der Waals surface area contributed by atoms with E-state index >= 15 is 0 Å². The number of hydrogen-bond donors (Lipinski definition) is 1. The summed E-state index contributed by atoms with van der Waals surface area (Å²) in [5.41, 5.74) is 2.11. The standard InChI is InChI=1S/C17H24N2O2/c1-10(2)8-12(5)19-15-9-13(17(20)21)6-7-14(15)18-16(19)11(3)4/h6-7,9-12H,8H2,1-5H3,(H,20,21). The Bertz CT molecular complexity index is 656. The number of carboxylic acid groups (broad SMARTS) is 1. The third-order valence-corrected chi connectivity index (χ3v) is 3.73. The molecule has 1 atom stereocenters. The van der Waals surface area contributed by atoms with E-state index in [1.54, 1.807) is 12.1 Å². The van der Waals surface area contributed by atoms with Gasteiger partial charge in [-0.3, -0.25) is 0 Å².